The Morgan fingerprint density at radius 3 is 2.57 bits per heavy atom. The van der Waals surface area contributed by atoms with Crippen molar-refractivity contribution in [1.29, 1.82) is 0 Å². The molecule has 6 heteroatoms. The molecular weight excluding hydrogens is 315 g/mol. The Morgan fingerprint density at radius 1 is 1.50 bits per heavy atom. The molecule has 14 heavy (non-hydrogen) atoms. The number of nitrogens with two attached hydrogens (primary N) is 1. The van der Waals surface area contributed by atoms with Gasteiger partial charge >= 0.3 is 0 Å². The first kappa shape index (κ1) is 11.7. The van der Waals surface area contributed by atoms with E-state index in [2.05, 4.69) is 27.9 Å². The monoisotopic (exact) mass is 326 g/mol. The first-order chi connectivity index (χ1) is 6.42. The average Bonchev–Trinajstić information content (AvgIpc) is 2.01. The van der Waals surface area contributed by atoms with Crippen LogP contribution in [0.25, 0.3) is 0 Å². The van der Waals surface area contributed by atoms with Gasteiger partial charge in [0.05, 0.1) is 5.75 Å². The molecule has 0 bridgehead atoms. The van der Waals surface area contributed by atoms with Crippen molar-refractivity contribution in [1.82, 2.24) is 0 Å². The van der Waals surface area contributed by atoms with Crippen LogP contribution in [0.2, 0.25) is 0 Å². The highest BCUT2D eigenvalue weighted by molar-refractivity contribution is 14.1. The van der Waals surface area contributed by atoms with Crippen molar-refractivity contribution in [2.75, 3.05) is 12.4 Å². The standard InChI is InChI=1S/C8H11IN2O2S/c1-11-8-3-2-6(4-7(8)9)5-14(10,12)13/h2-4,11H,5H2,1H3,(H2,10,12,13). The van der Waals surface area contributed by atoms with Crippen LogP contribution in [0.3, 0.4) is 0 Å². The minimum Gasteiger partial charge on any atom is -0.387 e. The Balaban J connectivity index is 2.98. The second-order valence-corrected chi connectivity index (χ2v) is 5.65. The Hall–Kier alpha value is -0.340. The van der Waals surface area contributed by atoms with Crippen molar-refractivity contribution in [3.63, 3.8) is 0 Å². The van der Waals surface area contributed by atoms with Crippen LogP contribution in [-0.4, -0.2) is 15.5 Å². The Kier molecular flexibility index (Phi) is 3.73. The van der Waals surface area contributed by atoms with E-state index in [9.17, 15) is 8.42 Å². The number of primary sulfonamides is 1. The molecule has 1 aromatic carbocycles. The topological polar surface area (TPSA) is 72.2 Å². The minimum atomic E-state index is -3.44. The Labute approximate surface area is 97.1 Å². The van der Waals surface area contributed by atoms with Crippen LogP contribution in [0, 0.1) is 3.57 Å². The van der Waals surface area contributed by atoms with E-state index in [0.29, 0.717) is 5.56 Å². The van der Waals surface area contributed by atoms with Gasteiger partial charge in [-0.1, -0.05) is 6.07 Å². The molecule has 0 saturated carbocycles. The largest absolute Gasteiger partial charge is 0.387 e. The summed E-state index contributed by atoms with van der Waals surface area (Å²) in [5.74, 6) is -0.118. The quantitative estimate of drug-likeness (QED) is 0.818. The molecule has 3 N–H and O–H groups in total. The Morgan fingerprint density at radius 2 is 2.14 bits per heavy atom. The van der Waals surface area contributed by atoms with Crippen molar-refractivity contribution >= 4 is 38.3 Å². The first-order valence-electron chi connectivity index (χ1n) is 3.89. The number of hydrogen-bond donors (Lipinski definition) is 2. The maximum Gasteiger partial charge on any atom is 0.213 e. The summed E-state index contributed by atoms with van der Waals surface area (Å²) in [7, 11) is -1.62. The molecule has 0 radical (unpaired) electrons. The van der Waals surface area contributed by atoms with Gasteiger partial charge in [-0.15, -0.1) is 0 Å². The van der Waals surface area contributed by atoms with Gasteiger partial charge in [0, 0.05) is 16.3 Å². The van der Waals surface area contributed by atoms with Crippen LogP contribution in [0.5, 0.6) is 0 Å². The molecule has 0 heterocycles. The van der Waals surface area contributed by atoms with E-state index >= 15 is 0 Å². The van der Waals surface area contributed by atoms with Crippen molar-refractivity contribution in [3.05, 3.63) is 27.3 Å². The van der Waals surface area contributed by atoms with E-state index in [1.165, 1.54) is 0 Å². The van der Waals surface area contributed by atoms with Gasteiger partial charge < -0.3 is 5.32 Å². The smallest absolute Gasteiger partial charge is 0.213 e. The maximum atomic E-state index is 10.8. The van der Waals surface area contributed by atoms with Crippen LogP contribution >= 0.6 is 22.6 Å². The highest BCUT2D eigenvalue weighted by atomic mass is 127. The lowest BCUT2D eigenvalue weighted by Gasteiger charge is -2.05. The number of anilines is 1. The number of rotatable bonds is 3. The molecule has 0 saturated heterocycles. The number of benzene rings is 1. The second-order valence-electron chi connectivity index (χ2n) is 2.87. The zero-order valence-electron chi connectivity index (χ0n) is 7.62. The summed E-state index contributed by atoms with van der Waals surface area (Å²) >= 11 is 2.14. The lowest BCUT2D eigenvalue weighted by molar-refractivity contribution is 0.597. The van der Waals surface area contributed by atoms with E-state index in [1.54, 1.807) is 12.1 Å². The molecule has 0 aliphatic rings. The molecule has 0 atom stereocenters. The third kappa shape index (κ3) is 3.43. The van der Waals surface area contributed by atoms with Crippen LogP contribution in [-0.2, 0) is 15.8 Å². The fraction of sp³-hybridized carbons (Fsp3) is 0.250. The summed E-state index contributed by atoms with van der Waals surface area (Å²) in [4.78, 5) is 0. The summed E-state index contributed by atoms with van der Waals surface area (Å²) in [5.41, 5.74) is 1.68. The molecule has 0 spiro atoms. The first-order valence-corrected chi connectivity index (χ1v) is 6.68. The van der Waals surface area contributed by atoms with Gasteiger partial charge in [0.25, 0.3) is 0 Å². The van der Waals surface area contributed by atoms with E-state index in [4.69, 9.17) is 5.14 Å². The van der Waals surface area contributed by atoms with Crippen LogP contribution in [0.15, 0.2) is 18.2 Å². The summed E-state index contributed by atoms with van der Waals surface area (Å²) in [6, 6.07) is 5.39. The normalized spacial score (nSPS) is 11.4. The lowest BCUT2D eigenvalue weighted by Crippen LogP contribution is -2.14. The molecule has 0 unspecified atom stereocenters. The molecule has 0 aliphatic carbocycles. The van der Waals surface area contributed by atoms with Gasteiger partial charge in [0.1, 0.15) is 0 Å². The van der Waals surface area contributed by atoms with Gasteiger partial charge in [0.15, 0.2) is 0 Å². The molecule has 0 aromatic heterocycles. The van der Waals surface area contributed by atoms with Crippen molar-refractivity contribution in [3.8, 4) is 0 Å². The highest BCUT2D eigenvalue weighted by Gasteiger charge is 2.06. The maximum absolute atomic E-state index is 10.8. The van der Waals surface area contributed by atoms with E-state index < -0.39 is 10.0 Å². The Bertz CT molecular complexity index is 431. The van der Waals surface area contributed by atoms with Crippen molar-refractivity contribution < 1.29 is 8.42 Å². The number of sulfonamides is 1. The van der Waals surface area contributed by atoms with Gasteiger partial charge in [-0.25, -0.2) is 13.6 Å². The predicted molar refractivity (Wildman–Crippen MR) is 65.5 cm³/mol. The molecule has 1 aromatic rings. The zero-order chi connectivity index (χ0) is 10.8. The van der Waals surface area contributed by atoms with E-state index in [0.717, 1.165) is 9.26 Å². The fourth-order valence-electron chi connectivity index (χ4n) is 1.08. The fourth-order valence-corrected chi connectivity index (χ4v) is 2.58. The van der Waals surface area contributed by atoms with Gasteiger partial charge in [0.2, 0.25) is 10.0 Å². The highest BCUT2D eigenvalue weighted by Crippen LogP contribution is 2.19. The van der Waals surface area contributed by atoms with Crippen LogP contribution in [0.4, 0.5) is 5.69 Å². The molecule has 78 valence electrons. The molecule has 0 aliphatic heterocycles. The summed E-state index contributed by atoms with van der Waals surface area (Å²) in [6.07, 6.45) is 0. The number of hydrogen-bond acceptors (Lipinski definition) is 3. The molecule has 0 amide bonds. The predicted octanol–water partition coefficient (Wildman–Crippen LogP) is 1.12. The second kappa shape index (κ2) is 4.45. The molecular formula is C8H11IN2O2S. The van der Waals surface area contributed by atoms with Crippen molar-refractivity contribution in [2.24, 2.45) is 5.14 Å². The molecule has 0 fully saturated rings. The SMILES string of the molecule is CNc1ccc(CS(N)(=O)=O)cc1I. The number of halogens is 1. The van der Waals surface area contributed by atoms with Gasteiger partial charge in [-0.3, -0.25) is 0 Å². The molecule has 4 nitrogen and oxygen atoms in total. The zero-order valence-corrected chi connectivity index (χ0v) is 10.6. The van der Waals surface area contributed by atoms with Gasteiger partial charge in [-0.2, -0.15) is 0 Å². The van der Waals surface area contributed by atoms with Crippen LogP contribution < -0.4 is 10.5 Å². The minimum absolute atomic E-state index is 0.118. The lowest BCUT2D eigenvalue weighted by atomic mass is 10.2. The summed E-state index contributed by atoms with van der Waals surface area (Å²) in [5, 5.41) is 7.94. The van der Waals surface area contributed by atoms with Gasteiger partial charge in [-0.05, 0) is 40.3 Å². The molecule has 1 rings (SSSR count). The summed E-state index contributed by atoms with van der Waals surface area (Å²) in [6.45, 7) is 0. The average molecular weight is 326 g/mol. The van der Waals surface area contributed by atoms with Crippen molar-refractivity contribution in [2.45, 2.75) is 5.75 Å². The summed E-state index contributed by atoms with van der Waals surface area (Å²) < 4.78 is 22.6. The van der Waals surface area contributed by atoms with E-state index in [1.807, 2.05) is 13.1 Å². The van der Waals surface area contributed by atoms with Crippen LogP contribution in [0.1, 0.15) is 5.56 Å². The third-order valence-corrected chi connectivity index (χ3v) is 3.30. The number of nitrogens with one attached hydrogen (secondary N) is 1. The third-order valence-electron chi connectivity index (χ3n) is 1.67. The van der Waals surface area contributed by atoms with E-state index in [-0.39, 0.29) is 5.75 Å².